The van der Waals surface area contributed by atoms with Crippen LogP contribution in [0.4, 0.5) is 17.1 Å². The second-order valence-electron chi connectivity index (χ2n) is 4.18. The molecule has 2 aromatic carbocycles. The number of nitrogens with one attached hydrogen (secondary N) is 1. The van der Waals surface area contributed by atoms with E-state index in [1.807, 2.05) is 0 Å². The fourth-order valence-corrected chi connectivity index (χ4v) is 2.11. The van der Waals surface area contributed by atoms with Crippen molar-refractivity contribution < 1.29 is 14.6 Å². The third-order valence-electron chi connectivity index (χ3n) is 2.75. The number of anilines is 1. The molecule has 0 saturated heterocycles. The average molecular weight is 366 g/mol. The smallest absolute Gasteiger partial charge is 0.270 e. The Kier molecular flexibility index (Phi) is 4.47. The third-order valence-corrected chi connectivity index (χ3v) is 3.41. The van der Waals surface area contributed by atoms with Crippen molar-refractivity contribution >= 4 is 38.9 Å². The summed E-state index contributed by atoms with van der Waals surface area (Å²) in [5.41, 5.74) is 0.359. The number of carbonyl (C=O) groups is 1. The second-order valence-corrected chi connectivity index (χ2v) is 5.03. The first-order chi connectivity index (χ1) is 10.4. The normalized spacial score (nSPS) is 10.0. The van der Waals surface area contributed by atoms with E-state index in [2.05, 4.69) is 21.2 Å². The van der Waals surface area contributed by atoms with E-state index in [0.29, 0.717) is 10.2 Å². The van der Waals surface area contributed by atoms with Crippen LogP contribution in [0.2, 0.25) is 0 Å². The molecule has 8 nitrogen and oxygen atoms in total. The lowest BCUT2D eigenvalue weighted by Gasteiger charge is -2.07. The lowest BCUT2D eigenvalue weighted by atomic mass is 10.2. The van der Waals surface area contributed by atoms with Gasteiger partial charge in [0.05, 0.1) is 15.5 Å². The number of amides is 1. The second kappa shape index (κ2) is 6.31. The van der Waals surface area contributed by atoms with E-state index in [9.17, 15) is 25.0 Å². The van der Waals surface area contributed by atoms with Crippen molar-refractivity contribution in [2.24, 2.45) is 0 Å². The molecule has 0 spiro atoms. The summed E-state index contributed by atoms with van der Waals surface area (Å²) in [6.45, 7) is 0. The highest BCUT2D eigenvalue weighted by Crippen LogP contribution is 2.27. The topological polar surface area (TPSA) is 115 Å². The van der Waals surface area contributed by atoms with Gasteiger partial charge in [-0.25, -0.2) is 0 Å². The Morgan fingerprint density at radius 2 is 1.50 bits per heavy atom. The van der Waals surface area contributed by atoms with Crippen LogP contribution >= 0.6 is 15.9 Å². The Morgan fingerprint density at radius 1 is 0.955 bits per heavy atom. The van der Waals surface area contributed by atoms with Crippen molar-refractivity contribution in [1.82, 2.24) is 0 Å². The van der Waals surface area contributed by atoms with Gasteiger partial charge in [-0.3, -0.25) is 25.0 Å². The summed E-state index contributed by atoms with van der Waals surface area (Å²) in [5, 5.41) is 23.7. The largest absolute Gasteiger partial charge is 0.321 e. The van der Waals surface area contributed by atoms with Gasteiger partial charge in [-0.2, -0.15) is 0 Å². The summed E-state index contributed by atoms with van der Waals surface area (Å²) < 4.78 is 0.358. The van der Waals surface area contributed by atoms with Crippen molar-refractivity contribution in [2.45, 2.75) is 0 Å². The molecule has 0 aromatic heterocycles. The van der Waals surface area contributed by atoms with Crippen LogP contribution in [-0.2, 0) is 0 Å². The Labute approximate surface area is 132 Å². The summed E-state index contributed by atoms with van der Waals surface area (Å²) in [6.07, 6.45) is 0. The van der Waals surface area contributed by atoms with Crippen LogP contribution in [0.15, 0.2) is 46.9 Å². The fourth-order valence-electron chi connectivity index (χ4n) is 1.65. The molecule has 0 fully saturated rings. The zero-order valence-electron chi connectivity index (χ0n) is 10.9. The van der Waals surface area contributed by atoms with Crippen molar-refractivity contribution in [3.63, 3.8) is 0 Å². The number of hydrogen-bond acceptors (Lipinski definition) is 5. The third kappa shape index (κ3) is 3.44. The Morgan fingerprint density at radius 3 is 2.00 bits per heavy atom. The fraction of sp³-hybridized carbons (Fsp3) is 0. The van der Waals surface area contributed by atoms with Gasteiger partial charge in [-0.05, 0) is 34.1 Å². The SMILES string of the molecule is O=C(Nc1ccc([N+](=O)[O-])cc1Br)c1ccc([N+](=O)[O-])cc1. The molecule has 2 aromatic rings. The molecular weight excluding hydrogens is 358 g/mol. The maximum atomic E-state index is 12.0. The van der Waals surface area contributed by atoms with Crippen LogP contribution in [0.3, 0.4) is 0 Å². The molecule has 0 radical (unpaired) electrons. The van der Waals surface area contributed by atoms with Crippen molar-refractivity contribution in [2.75, 3.05) is 5.32 Å². The number of rotatable bonds is 4. The number of non-ortho nitro benzene ring substituents is 2. The molecule has 0 aliphatic carbocycles. The van der Waals surface area contributed by atoms with E-state index in [0.717, 1.165) is 0 Å². The minimum absolute atomic E-state index is 0.111. The molecule has 0 unspecified atom stereocenters. The molecule has 9 heteroatoms. The average Bonchev–Trinajstić information content (AvgIpc) is 2.49. The van der Waals surface area contributed by atoms with Gasteiger partial charge in [-0.15, -0.1) is 0 Å². The molecule has 1 N–H and O–H groups in total. The van der Waals surface area contributed by atoms with Crippen LogP contribution in [0.5, 0.6) is 0 Å². The monoisotopic (exact) mass is 365 g/mol. The summed E-state index contributed by atoms with van der Waals surface area (Å²) in [7, 11) is 0. The summed E-state index contributed by atoms with van der Waals surface area (Å²) in [4.78, 5) is 32.1. The van der Waals surface area contributed by atoms with E-state index in [-0.39, 0.29) is 16.9 Å². The van der Waals surface area contributed by atoms with Crippen LogP contribution < -0.4 is 5.32 Å². The van der Waals surface area contributed by atoms with Crippen LogP contribution in [0.1, 0.15) is 10.4 Å². The van der Waals surface area contributed by atoms with E-state index < -0.39 is 15.8 Å². The first kappa shape index (κ1) is 15.6. The summed E-state index contributed by atoms with van der Waals surface area (Å²) in [6, 6.07) is 9.02. The minimum Gasteiger partial charge on any atom is -0.321 e. The maximum Gasteiger partial charge on any atom is 0.270 e. The van der Waals surface area contributed by atoms with Gasteiger partial charge in [-0.1, -0.05) is 0 Å². The van der Waals surface area contributed by atoms with Gasteiger partial charge in [0.25, 0.3) is 17.3 Å². The molecule has 1 amide bonds. The maximum absolute atomic E-state index is 12.0. The van der Waals surface area contributed by atoms with Gasteiger partial charge < -0.3 is 5.32 Å². The van der Waals surface area contributed by atoms with E-state index in [1.54, 1.807) is 0 Å². The Balaban J connectivity index is 2.18. The summed E-state index contributed by atoms with van der Waals surface area (Å²) in [5.74, 6) is -0.482. The van der Waals surface area contributed by atoms with Crippen molar-refractivity contribution in [3.8, 4) is 0 Å². The minimum atomic E-state index is -0.561. The van der Waals surface area contributed by atoms with Crippen LogP contribution in [-0.4, -0.2) is 15.8 Å². The number of nitro benzene ring substituents is 2. The Hall–Kier alpha value is -2.81. The highest BCUT2D eigenvalue weighted by atomic mass is 79.9. The zero-order chi connectivity index (χ0) is 16.3. The number of hydrogen-bond donors (Lipinski definition) is 1. The number of halogens is 1. The van der Waals surface area contributed by atoms with Gasteiger partial charge in [0.1, 0.15) is 0 Å². The van der Waals surface area contributed by atoms with Gasteiger partial charge in [0.15, 0.2) is 0 Å². The lowest BCUT2D eigenvalue weighted by Crippen LogP contribution is -2.12. The molecule has 0 aliphatic heterocycles. The molecule has 0 atom stereocenters. The predicted octanol–water partition coefficient (Wildman–Crippen LogP) is 3.52. The molecule has 0 aliphatic rings. The molecule has 0 bridgehead atoms. The number of benzene rings is 2. The van der Waals surface area contributed by atoms with Gasteiger partial charge in [0, 0.05) is 34.3 Å². The molecular formula is C13H8BrN3O5. The number of nitro groups is 2. The number of nitrogens with zero attached hydrogens (tertiary/aromatic N) is 2. The molecule has 22 heavy (non-hydrogen) atoms. The highest BCUT2D eigenvalue weighted by Gasteiger charge is 2.13. The van der Waals surface area contributed by atoms with Crippen molar-refractivity contribution in [3.05, 3.63) is 72.7 Å². The first-order valence-corrected chi connectivity index (χ1v) is 6.67. The highest BCUT2D eigenvalue weighted by molar-refractivity contribution is 9.10. The molecule has 112 valence electrons. The van der Waals surface area contributed by atoms with E-state index in [4.69, 9.17) is 0 Å². The van der Waals surface area contributed by atoms with Crippen LogP contribution in [0.25, 0.3) is 0 Å². The Bertz CT molecular complexity index is 761. The van der Waals surface area contributed by atoms with Crippen molar-refractivity contribution in [1.29, 1.82) is 0 Å². The summed E-state index contributed by atoms with van der Waals surface area (Å²) >= 11 is 3.14. The first-order valence-electron chi connectivity index (χ1n) is 5.88. The molecule has 0 saturated carbocycles. The quantitative estimate of drug-likeness (QED) is 0.657. The van der Waals surface area contributed by atoms with Gasteiger partial charge >= 0.3 is 0 Å². The number of carbonyl (C=O) groups excluding carboxylic acids is 1. The van der Waals surface area contributed by atoms with E-state index in [1.165, 1.54) is 42.5 Å². The standard InChI is InChI=1S/C13H8BrN3O5/c14-11-7-10(17(21)22)5-6-12(11)15-13(18)8-1-3-9(4-2-8)16(19)20/h1-7H,(H,15,18). The predicted molar refractivity (Wildman–Crippen MR) is 81.8 cm³/mol. The van der Waals surface area contributed by atoms with Gasteiger partial charge in [0.2, 0.25) is 0 Å². The van der Waals surface area contributed by atoms with Crippen LogP contribution in [0, 0.1) is 20.2 Å². The lowest BCUT2D eigenvalue weighted by molar-refractivity contribution is -0.385. The molecule has 0 heterocycles. The molecule has 2 rings (SSSR count). The zero-order valence-corrected chi connectivity index (χ0v) is 12.4. The van der Waals surface area contributed by atoms with E-state index >= 15 is 0 Å².